The van der Waals surface area contributed by atoms with E-state index in [4.69, 9.17) is 10.5 Å². The number of urea groups is 1. The minimum Gasteiger partial charge on any atom is -0.465 e. The van der Waals surface area contributed by atoms with Gasteiger partial charge in [0.05, 0.1) is 18.4 Å². The van der Waals surface area contributed by atoms with Crippen LogP contribution in [0.5, 0.6) is 0 Å². The van der Waals surface area contributed by atoms with Gasteiger partial charge in [0.25, 0.3) is 5.91 Å². The van der Waals surface area contributed by atoms with Crippen molar-refractivity contribution in [2.45, 2.75) is 39.8 Å². The van der Waals surface area contributed by atoms with Gasteiger partial charge in [-0.1, -0.05) is 12.1 Å². The minimum absolute atomic E-state index is 0.0280. The van der Waals surface area contributed by atoms with E-state index in [1.807, 2.05) is 0 Å². The number of para-hydroxylation sites is 1. The molecule has 1 aromatic carbocycles. The molecule has 2 rings (SSSR count). The number of esters is 1. The third kappa shape index (κ3) is 4.30. The number of anilines is 1. The normalized spacial score (nSPS) is 14.9. The van der Waals surface area contributed by atoms with Crippen LogP contribution in [-0.2, 0) is 9.53 Å². The number of nitrogens with one attached hydrogen (secondary N) is 1. The van der Waals surface area contributed by atoms with Crippen LogP contribution in [0.25, 0.3) is 0 Å². The van der Waals surface area contributed by atoms with Crippen LogP contribution in [0.2, 0.25) is 0 Å². The topological polar surface area (TPSA) is 117 Å². The van der Waals surface area contributed by atoms with E-state index in [9.17, 15) is 14.4 Å². The van der Waals surface area contributed by atoms with Crippen molar-refractivity contribution in [3.8, 4) is 0 Å². The number of hydrazone groups is 1. The molecule has 0 spiro atoms. The number of ether oxygens (including phenoxy) is 1. The van der Waals surface area contributed by atoms with Crippen molar-refractivity contribution in [1.29, 1.82) is 0 Å². The first kappa shape index (κ1) is 21.4. The molecule has 152 valence electrons. The highest BCUT2D eigenvalue weighted by molar-refractivity contribution is 6.55. The number of hydrogen-bond acceptors (Lipinski definition) is 6. The lowest BCUT2D eigenvalue weighted by Gasteiger charge is -2.32. The van der Waals surface area contributed by atoms with Crippen molar-refractivity contribution >= 4 is 29.3 Å². The van der Waals surface area contributed by atoms with Gasteiger partial charge in [0.15, 0.2) is 5.71 Å². The molecule has 0 aromatic heterocycles. The fourth-order valence-electron chi connectivity index (χ4n) is 3.41. The van der Waals surface area contributed by atoms with Gasteiger partial charge in [0.1, 0.15) is 0 Å². The Morgan fingerprint density at radius 1 is 1.25 bits per heavy atom. The number of rotatable bonds is 7. The lowest BCUT2D eigenvalue weighted by Crippen LogP contribution is -2.44. The fraction of sp³-hybridized carbons (Fsp3) is 0.474. The molecule has 1 heterocycles. The fourth-order valence-corrected chi connectivity index (χ4v) is 3.41. The molecule has 9 heteroatoms. The van der Waals surface area contributed by atoms with E-state index in [1.165, 1.54) is 12.0 Å². The number of carbonyl (C=O) groups excluding carboxylic acids is 3. The molecule has 0 unspecified atom stereocenters. The molecule has 3 amide bonds. The molecule has 0 radical (unpaired) electrons. The summed E-state index contributed by atoms with van der Waals surface area (Å²) in [6, 6.07) is 4.60. The van der Waals surface area contributed by atoms with Gasteiger partial charge in [-0.15, -0.1) is 0 Å². The van der Waals surface area contributed by atoms with Crippen molar-refractivity contribution in [3.63, 3.8) is 0 Å². The van der Waals surface area contributed by atoms with Crippen LogP contribution in [0.15, 0.2) is 23.3 Å². The summed E-state index contributed by atoms with van der Waals surface area (Å²) in [6.45, 7) is 9.30. The second-order valence-electron chi connectivity index (χ2n) is 7.01. The lowest BCUT2D eigenvalue weighted by atomic mass is 10.1. The van der Waals surface area contributed by atoms with E-state index in [-0.39, 0.29) is 23.4 Å². The van der Waals surface area contributed by atoms with Gasteiger partial charge in [-0.25, -0.2) is 15.0 Å². The van der Waals surface area contributed by atoms with Crippen molar-refractivity contribution in [1.82, 2.24) is 10.3 Å². The highest BCUT2D eigenvalue weighted by Crippen LogP contribution is 2.33. The van der Waals surface area contributed by atoms with Crippen LogP contribution in [-0.4, -0.2) is 60.8 Å². The van der Waals surface area contributed by atoms with Crippen LogP contribution in [0.4, 0.5) is 10.5 Å². The van der Waals surface area contributed by atoms with E-state index >= 15 is 0 Å². The van der Waals surface area contributed by atoms with Gasteiger partial charge >= 0.3 is 12.0 Å². The number of benzene rings is 1. The first-order valence-corrected chi connectivity index (χ1v) is 9.11. The largest absolute Gasteiger partial charge is 0.465 e. The van der Waals surface area contributed by atoms with Crippen molar-refractivity contribution < 1.29 is 19.1 Å². The minimum atomic E-state index is -0.879. The number of carbonyl (C=O) groups is 3. The third-order valence-corrected chi connectivity index (χ3v) is 4.60. The zero-order chi connectivity index (χ0) is 21.0. The molecule has 1 aliphatic rings. The van der Waals surface area contributed by atoms with E-state index in [0.717, 1.165) is 0 Å². The standard InChI is InChI=1S/C19H27N5O4/c1-11(2)23(12(3)4)9-10-24-16-13(7-6-8-14(16)18(26)28-5)15(17(24)25)21-22-19(20)27/h6-8,11-12H,9-10H2,1-5H3,(H3,20,22,27). The smallest absolute Gasteiger partial charge is 0.340 e. The van der Waals surface area contributed by atoms with Crippen molar-refractivity contribution in [2.24, 2.45) is 10.8 Å². The lowest BCUT2D eigenvalue weighted by molar-refractivity contribution is -0.112. The molecule has 0 aliphatic carbocycles. The Hall–Kier alpha value is -2.94. The van der Waals surface area contributed by atoms with Gasteiger partial charge in [0.2, 0.25) is 0 Å². The summed E-state index contributed by atoms with van der Waals surface area (Å²) in [5.74, 6) is -0.962. The number of nitrogens with zero attached hydrogens (tertiary/aromatic N) is 3. The summed E-state index contributed by atoms with van der Waals surface area (Å²) in [7, 11) is 1.28. The Morgan fingerprint density at radius 2 is 1.89 bits per heavy atom. The molecule has 0 fully saturated rings. The summed E-state index contributed by atoms with van der Waals surface area (Å²) in [4.78, 5) is 40.1. The number of amides is 3. The van der Waals surface area contributed by atoms with E-state index < -0.39 is 17.9 Å². The average molecular weight is 389 g/mol. The molecule has 0 saturated heterocycles. The zero-order valence-electron chi connectivity index (χ0n) is 16.9. The van der Waals surface area contributed by atoms with E-state index in [0.29, 0.717) is 24.3 Å². The highest BCUT2D eigenvalue weighted by atomic mass is 16.5. The van der Waals surface area contributed by atoms with Gasteiger partial charge in [-0.2, -0.15) is 5.10 Å². The second-order valence-corrected chi connectivity index (χ2v) is 7.01. The number of methoxy groups -OCH3 is 1. The molecule has 3 N–H and O–H groups in total. The number of fused-ring (bicyclic) bond motifs is 1. The zero-order valence-corrected chi connectivity index (χ0v) is 16.9. The Kier molecular flexibility index (Phi) is 6.74. The van der Waals surface area contributed by atoms with E-state index in [2.05, 4.69) is 43.1 Å². The number of primary amides is 1. The summed E-state index contributed by atoms with van der Waals surface area (Å²) in [5, 5.41) is 3.85. The Balaban J connectivity index is 2.47. The average Bonchev–Trinajstić information content (AvgIpc) is 2.90. The van der Waals surface area contributed by atoms with Crippen LogP contribution in [0.1, 0.15) is 43.6 Å². The molecule has 0 saturated carbocycles. The maximum Gasteiger partial charge on any atom is 0.340 e. The molecular formula is C19H27N5O4. The molecule has 9 nitrogen and oxygen atoms in total. The first-order valence-electron chi connectivity index (χ1n) is 9.11. The molecule has 0 bridgehead atoms. The third-order valence-electron chi connectivity index (χ3n) is 4.60. The highest BCUT2D eigenvalue weighted by Gasteiger charge is 2.38. The van der Waals surface area contributed by atoms with Crippen molar-refractivity contribution in [3.05, 3.63) is 29.3 Å². The maximum atomic E-state index is 13.0. The molecule has 1 aromatic rings. The monoisotopic (exact) mass is 389 g/mol. The van der Waals surface area contributed by atoms with Gasteiger partial charge in [-0.05, 0) is 33.8 Å². The predicted molar refractivity (Wildman–Crippen MR) is 106 cm³/mol. The van der Waals surface area contributed by atoms with Gasteiger partial charge in [-0.3, -0.25) is 9.69 Å². The molecule has 0 atom stereocenters. The maximum absolute atomic E-state index is 13.0. The molecular weight excluding hydrogens is 362 g/mol. The first-order chi connectivity index (χ1) is 13.2. The summed E-state index contributed by atoms with van der Waals surface area (Å²) in [6.07, 6.45) is 0. The van der Waals surface area contributed by atoms with Crippen LogP contribution >= 0.6 is 0 Å². The quantitative estimate of drug-likeness (QED) is 0.539. The Morgan fingerprint density at radius 3 is 2.43 bits per heavy atom. The molecule has 1 aliphatic heterocycles. The van der Waals surface area contributed by atoms with Gasteiger partial charge < -0.3 is 15.4 Å². The Labute approximate surface area is 164 Å². The van der Waals surface area contributed by atoms with Crippen LogP contribution in [0.3, 0.4) is 0 Å². The second kappa shape index (κ2) is 8.83. The van der Waals surface area contributed by atoms with Crippen LogP contribution < -0.4 is 16.1 Å². The van der Waals surface area contributed by atoms with E-state index in [1.54, 1.807) is 18.2 Å². The number of hydrogen-bond donors (Lipinski definition) is 2. The van der Waals surface area contributed by atoms with Gasteiger partial charge in [0, 0.05) is 30.7 Å². The van der Waals surface area contributed by atoms with Crippen molar-refractivity contribution in [2.75, 3.05) is 25.1 Å². The predicted octanol–water partition coefficient (Wildman–Crippen LogP) is 1.31. The summed E-state index contributed by atoms with van der Waals surface area (Å²) in [5.41, 5.74) is 8.33. The number of nitrogens with two attached hydrogens (primary N) is 1. The van der Waals surface area contributed by atoms with Crippen LogP contribution in [0, 0.1) is 0 Å². The summed E-state index contributed by atoms with van der Waals surface area (Å²) < 4.78 is 4.86. The molecule has 28 heavy (non-hydrogen) atoms. The SMILES string of the molecule is COC(=O)c1cccc2c1N(CCN(C(C)C)C(C)C)C(=O)C2=NNC(N)=O. The Bertz CT molecular complexity index is 796. The summed E-state index contributed by atoms with van der Waals surface area (Å²) >= 11 is 0.